The van der Waals surface area contributed by atoms with Gasteiger partial charge in [0.25, 0.3) is 10.0 Å². The molecule has 1 atom stereocenters. The van der Waals surface area contributed by atoms with Gasteiger partial charge in [0, 0.05) is 6.54 Å². The summed E-state index contributed by atoms with van der Waals surface area (Å²) in [5.41, 5.74) is 0.906. The maximum atomic E-state index is 13.5. The monoisotopic (exact) mass is 523 g/mol. The van der Waals surface area contributed by atoms with Crippen molar-refractivity contribution in [2.45, 2.75) is 121 Å². The van der Waals surface area contributed by atoms with Gasteiger partial charge in [0.2, 0.25) is 0 Å². The summed E-state index contributed by atoms with van der Waals surface area (Å²) in [7, 11) is -3.46. The molecule has 3 rings (SSSR count). The van der Waals surface area contributed by atoms with E-state index in [4.69, 9.17) is 0 Å². The zero-order valence-electron chi connectivity index (χ0n) is 21.4. The van der Waals surface area contributed by atoms with Crippen LogP contribution in [0.1, 0.15) is 117 Å². The van der Waals surface area contributed by atoms with Crippen molar-refractivity contribution in [1.29, 1.82) is 0 Å². The molecule has 0 amide bonds. The maximum Gasteiger partial charge on any atom is 0.265 e. The molecule has 1 aliphatic rings. The predicted octanol–water partition coefficient (Wildman–Crippen LogP) is 9.88. The summed E-state index contributed by atoms with van der Waals surface area (Å²) in [4.78, 5) is 2.57. The average molecular weight is 524 g/mol. The van der Waals surface area contributed by atoms with E-state index in [0.29, 0.717) is 17.4 Å². The Hall–Kier alpha value is -0.850. The van der Waals surface area contributed by atoms with Gasteiger partial charge in [0.1, 0.15) is 4.90 Å². The molecular formula is C28H45NO2S3. The van der Waals surface area contributed by atoms with Gasteiger partial charge in [-0.05, 0) is 41.7 Å². The molecule has 1 unspecified atom stereocenters. The minimum Gasteiger partial charge on any atom is -0.264 e. The van der Waals surface area contributed by atoms with Crippen molar-refractivity contribution in [1.82, 2.24) is 0 Å². The molecule has 0 saturated heterocycles. The van der Waals surface area contributed by atoms with Gasteiger partial charge in [0.05, 0.1) is 15.4 Å². The normalized spacial score (nSPS) is 15.3. The second-order valence-electron chi connectivity index (χ2n) is 9.97. The fourth-order valence-electron chi connectivity index (χ4n) is 5.12. The zero-order chi connectivity index (χ0) is 24.2. The van der Waals surface area contributed by atoms with E-state index < -0.39 is 10.0 Å². The molecule has 3 heterocycles. The summed E-state index contributed by atoms with van der Waals surface area (Å²) in [6.45, 7) is 5.16. The van der Waals surface area contributed by atoms with Crippen molar-refractivity contribution < 1.29 is 8.42 Å². The van der Waals surface area contributed by atoms with Crippen LogP contribution in [0.2, 0.25) is 0 Å². The van der Waals surface area contributed by atoms with E-state index in [-0.39, 0.29) is 0 Å². The molecule has 0 saturated carbocycles. The highest BCUT2D eigenvalue weighted by Crippen LogP contribution is 2.49. The van der Waals surface area contributed by atoms with E-state index in [1.54, 1.807) is 33.0 Å². The first-order valence-corrected chi connectivity index (χ1v) is 17.0. The molecule has 0 radical (unpaired) electrons. The summed E-state index contributed by atoms with van der Waals surface area (Å²) in [5.74, 6) is 0.439. The minimum absolute atomic E-state index is 0.439. The lowest BCUT2D eigenvalue weighted by Gasteiger charge is -2.32. The van der Waals surface area contributed by atoms with Gasteiger partial charge in [-0.2, -0.15) is 0 Å². The fourth-order valence-corrected chi connectivity index (χ4v) is 9.30. The van der Waals surface area contributed by atoms with Crippen LogP contribution in [0.4, 0.5) is 5.69 Å². The topological polar surface area (TPSA) is 37.4 Å². The Kier molecular flexibility index (Phi) is 11.9. The highest BCUT2D eigenvalue weighted by atomic mass is 32.2. The SMILES string of the molecule is CCCCCCCCCCC(CCCCCCCC)CN1c2ccsc2-c2sccc2S1(=O)=O. The van der Waals surface area contributed by atoms with Crippen LogP contribution in [0.25, 0.3) is 9.75 Å². The lowest BCUT2D eigenvalue weighted by molar-refractivity contribution is 0.409. The summed E-state index contributed by atoms with van der Waals surface area (Å²) in [5, 5.41) is 3.97. The Balaban J connectivity index is 1.59. The fraction of sp³-hybridized carbons (Fsp3) is 0.714. The third-order valence-electron chi connectivity index (χ3n) is 7.17. The number of nitrogens with zero attached hydrogens (tertiary/aromatic N) is 1. The second kappa shape index (κ2) is 14.6. The Morgan fingerprint density at radius 3 is 1.79 bits per heavy atom. The number of hydrogen-bond donors (Lipinski definition) is 0. The lowest BCUT2D eigenvalue weighted by Crippen LogP contribution is -2.37. The van der Waals surface area contributed by atoms with E-state index in [1.165, 1.54) is 89.9 Å². The molecule has 34 heavy (non-hydrogen) atoms. The van der Waals surface area contributed by atoms with Gasteiger partial charge < -0.3 is 0 Å². The largest absolute Gasteiger partial charge is 0.265 e. The molecule has 192 valence electrons. The minimum atomic E-state index is -3.46. The summed E-state index contributed by atoms with van der Waals surface area (Å²) in [6, 6.07) is 3.81. The number of unbranched alkanes of at least 4 members (excludes halogenated alkanes) is 12. The maximum absolute atomic E-state index is 13.5. The molecule has 0 fully saturated rings. The van der Waals surface area contributed by atoms with Gasteiger partial charge in [-0.15, -0.1) is 22.7 Å². The smallest absolute Gasteiger partial charge is 0.264 e. The van der Waals surface area contributed by atoms with Crippen LogP contribution >= 0.6 is 22.7 Å². The standard InChI is InChI=1S/C28H45NO2S3/c1-3-5-7-9-11-12-14-16-18-24(17-15-13-10-8-6-4-2)23-29-25-19-21-32-27(25)28-26(20-22-33-28)34(29,30)31/h19-22,24H,3-18,23H2,1-2H3. The molecule has 0 aromatic carbocycles. The van der Waals surface area contributed by atoms with Crippen LogP contribution in [0, 0.1) is 5.92 Å². The number of thiophene rings is 2. The predicted molar refractivity (Wildman–Crippen MR) is 151 cm³/mol. The quantitative estimate of drug-likeness (QED) is 0.182. The number of hydrogen-bond acceptors (Lipinski definition) is 4. The van der Waals surface area contributed by atoms with Crippen molar-refractivity contribution >= 4 is 38.4 Å². The van der Waals surface area contributed by atoms with Crippen LogP contribution in [0.5, 0.6) is 0 Å². The molecule has 0 spiro atoms. The molecule has 0 N–H and O–H groups in total. The van der Waals surface area contributed by atoms with Crippen molar-refractivity contribution in [2.24, 2.45) is 5.92 Å². The molecule has 2 aromatic rings. The van der Waals surface area contributed by atoms with Crippen molar-refractivity contribution in [3.8, 4) is 9.75 Å². The van der Waals surface area contributed by atoms with Crippen molar-refractivity contribution in [2.75, 3.05) is 10.8 Å². The third kappa shape index (κ3) is 7.57. The third-order valence-corrected chi connectivity index (χ3v) is 11.1. The number of sulfonamides is 1. The number of anilines is 1. The van der Waals surface area contributed by atoms with Gasteiger partial charge in [0.15, 0.2) is 0 Å². The van der Waals surface area contributed by atoms with Gasteiger partial charge in [-0.1, -0.05) is 104 Å². The van der Waals surface area contributed by atoms with Crippen LogP contribution < -0.4 is 4.31 Å². The zero-order valence-corrected chi connectivity index (χ0v) is 23.8. The number of fused-ring (bicyclic) bond motifs is 3. The van der Waals surface area contributed by atoms with E-state index in [2.05, 4.69) is 13.8 Å². The van der Waals surface area contributed by atoms with Gasteiger partial charge in [-0.3, -0.25) is 4.31 Å². The first-order chi connectivity index (χ1) is 16.6. The molecular weight excluding hydrogens is 479 g/mol. The van der Waals surface area contributed by atoms with Crippen LogP contribution in [0.15, 0.2) is 27.8 Å². The van der Waals surface area contributed by atoms with Gasteiger partial charge in [-0.25, -0.2) is 8.42 Å². The molecule has 2 aromatic heterocycles. The van der Waals surface area contributed by atoms with Crippen LogP contribution in [-0.4, -0.2) is 15.0 Å². The Bertz CT molecular complexity index is 931. The highest BCUT2D eigenvalue weighted by molar-refractivity contribution is 7.93. The number of rotatable bonds is 18. The first-order valence-electron chi connectivity index (χ1n) is 13.8. The first kappa shape index (κ1) is 27.7. The van der Waals surface area contributed by atoms with Crippen LogP contribution in [-0.2, 0) is 10.0 Å². The average Bonchev–Trinajstić information content (AvgIpc) is 3.50. The Morgan fingerprint density at radius 1 is 0.706 bits per heavy atom. The molecule has 0 bridgehead atoms. The van der Waals surface area contributed by atoms with Crippen molar-refractivity contribution in [3.05, 3.63) is 22.9 Å². The van der Waals surface area contributed by atoms with Gasteiger partial charge >= 0.3 is 0 Å². The molecule has 3 nitrogen and oxygen atoms in total. The molecule has 1 aliphatic heterocycles. The summed E-state index contributed by atoms with van der Waals surface area (Å²) < 4.78 is 28.8. The van der Waals surface area contributed by atoms with E-state index in [9.17, 15) is 8.42 Å². The summed E-state index contributed by atoms with van der Waals surface area (Å²) in [6.07, 6.45) is 20.6. The second-order valence-corrected chi connectivity index (χ2v) is 13.6. The Morgan fingerprint density at radius 2 is 1.21 bits per heavy atom. The molecule has 0 aliphatic carbocycles. The van der Waals surface area contributed by atoms with Crippen LogP contribution in [0.3, 0.4) is 0 Å². The summed E-state index contributed by atoms with van der Waals surface area (Å²) >= 11 is 3.22. The van der Waals surface area contributed by atoms with E-state index in [0.717, 1.165) is 28.3 Å². The lowest BCUT2D eigenvalue weighted by atomic mass is 9.93. The highest BCUT2D eigenvalue weighted by Gasteiger charge is 2.37. The van der Waals surface area contributed by atoms with E-state index >= 15 is 0 Å². The Labute approximate surface area is 217 Å². The van der Waals surface area contributed by atoms with Crippen molar-refractivity contribution in [3.63, 3.8) is 0 Å². The van der Waals surface area contributed by atoms with E-state index in [1.807, 2.05) is 16.8 Å². The molecule has 6 heteroatoms.